The molecule has 0 radical (unpaired) electrons. The smallest absolute Gasteiger partial charge is 0.0897 e. The zero-order valence-corrected chi connectivity index (χ0v) is 14.0. The molecule has 2 fully saturated rings. The molecule has 0 aromatic carbocycles. The average Bonchev–Trinajstić information content (AvgIpc) is 2.47. The van der Waals surface area contributed by atoms with Gasteiger partial charge in [0.05, 0.1) is 18.8 Å². The van der Waals surface area contributed by atoms with Crippen LogP contribution in [0.15, 0.2) is 0 Å². The van der Waals surface area contributed by atoms with Crippen molar-refractivity contribution in [2.24, 2.45) is 17.8 Å². The first kappa shape index (κ1) is 17.2. The molecule has 2 N–H and O–H groups in total. The number of hydrogen-bond acceptors (Lipinski definition) is 3. The fraction of sp³-hybridized carbons (Fsp3) is 1.00. The molecule has 0 saturated heterocycles. The summed E-state index contributed by atoms with van der Waals surface area (Å²) in [5.74, 6) is 2.42. The number of ether oxygens (including phenoxy) is 1. The minimum absolute atomic E-state index is 0.360. The lowest BCUT2D eigenvalue weighted by molar-refractivity contribution is -0.0309. The van der Waals surface area contributed by atoms with Crippen molar-refractivity contribution in [1.29, 1.82) is 0 Å². The van der Waals surface area contributed by atoms with Crippen molar-refractivity contribution in [2.45, 2.75) is 77.4 Å². The van der Waals surface area contributed by atoms with Gasteiger partial charge in [-0.1, -0.05) is 46.0 Å². The summed E-state index contributed by atoms with van der Waals surface area (Å²) in [6.07, 6.45) is 10.5. The predicted molar refractivity (Wildman–Crippen MR) is 87.4 cm³/mol. The maximum absolute atomic E-state index is 10.1. The highest BCUT2D eigenvalue weighted by Gasteiger charge is 2.22. The van der Waals surface area contributed by atoms with Crippen molar-refractivity contribution in [2.75, 3.05) is 19.7 Å². The molecule has 0 spiro atoms. The van der Waals surface area contributed by atoms with Gasteiger partial charge < -0.3 is 15.2 Å². The third-order valence-corrected chi connectivity index (χ3v) is 5.49. The van der Waals surface area contributed by atoms with E-state index < -0.39 is 0 Å². The summed E-state index contributed by atoms with van der Waals surface area (Å²) in [7, 11) is 0. The Kier molecular flexibility index (Phi) is 7.48. The standard InChI is InChI=1S/C18H35NO2/c1-14-6-5-9-18(10-14)21-13-17(20)12-19-11-16-8-4-3-7-15(16)2/h14-20H,3-13H2,1-2H3. The molecule has 2 aliphatic rings. The van der Waals surface area contributed by atoms with Crippen LogP contribution in [0.25, 0.3) is 0 Å². The molecule has 0 aromatic rings. The highest BCUT2D eigenvalue weighted by molar-refractivity contribution is 4.75. The Morgan fingerprint density at radius 2 is 1.90 bits per heavy atom. The number of hydrogen-bond donors (Lipinski definition) is 2. The Morgan fingerprint density at radius 1 is 1.10 bits per heavy atom. The number of rotatable bonds is 7. The Bertz CT molecular complexity index is 284. The van der Waals surface area contributed by atoms with Crippen LogP contribution in [-0.4, -0.2) is 37.0 Å². The van der Waals surface area contributed by atoms with Crippen molar-refractivity contribution in [3.8, 4) is 0 Å². The first-order chi connectivity index (χ1) is 10.1. The SMILES string of the molecule is CC1CCCC(OCC(O)CNCC2CCCCC2C)C1. The Hall–Kier alpha value is -0.120. The van der Waals surface area contributed by atoms with Crippen molar-refractivity contribution in [3.63, 3.8) is 0 Å². The van der Waals surface area contributed by atoms with E-state index in [4.69, 9.17) is 4.74 Å². The Balaban J connectivity index is 1.53. The minimum atomic E-state index is -0.360. The van der Waals surface area contributed by atoms with Crippen LogP contribution in [-0.2, 0) is 4.74 Å². The van der Waals surface area contributed by atoms with Crippen molar-refractivity contribution in [3.05, 3.63) is 0 Å². The van der Waals surface area contributed by atoms with Crippen LogP contribution >= 0.6 is 0 Å². The monoisotopic (exact) mass is 297 g/mol. The van der Waals surface area contributed by atoms with E-state index in [9.17, 15) is 5.11 Å². The molecular weight excluding hydrogens is 262 g/mol. The second-order valence-electron chi connectivity index (χ2n) is 7.56. The maximum atomic E-state index is 10.1. The van der Waals surface area contributed by atoms with Gasteiger partial charge in [-0.25, -0.2) is 0 Å². The highest BCUT2D eigenvalue weighted by atomic mass is 16.5. The zero-order chi connectivity index (χ0) is 15.1. The van der Waals surface area contributed by atoms with Crippen molar-refractivity contribution < 1.29 is 9.84 Å². The molecular formula is C18H35NO2. The summed E-state index contributed by atoms with van der Waals surface area (Å²) in [5.41, 5.74) is 0. The second-order valence-corrected chi connectivity index (χ2v) is 7.56. The van der Waals surface area contributed by atoms with Crippen LogP contribution in [0, 0.1) is 17.8 Å². The molecule has 21 heavy (non-hydrogen) atoms. The molecule has 5 unspecified atom stereocenters. The van der Waals surface area contributed by atoms with E-state index >= 15 is 0 Å². The van der Waals surface area contributed by atoms with Crippen LogP contribution < -0.4 is 5.32 Å². The van der Waals surface area contributed by atoms with Crippen LogP contribution in [0.4, 0.5) is 0 Å². The predicted octanol–water partition coefficient (Wildman–Crippen LogP) is 3.36. The molecule has 124 valence electrons. The van der Waals surface area contributed by atoms with Crippen LogP contribution in [0.5, 0.6) is 0 Å². The van der Waals surface area contributed by atoms with Gasteiger partial charge in [0.25, 0.3) is 0 Å². The van der Waals surface area contributed by atoms with Gasteiger partial charge in [-0.05, 0) is 43.6 Å². The van der Waals surface area contributed by atoms with E-state index in [0.717, 1.165) is 24.3 Å². The lowest BCUT2D eigenvalue weighted by Crippen LogP contribution is -2.37. The third kappa shape index (κ3) is 6.25. The average molecular weight is 297 g/mol. The van der Waals surface area contributed by atoms with E-state index in [1.54, 1.807) is 0 Å². The third-order valence-electron chi connectivity index (χ3n) is 5.49. The second kappa shape index (κ2) is 9.12. The van der Waals surface area contributed by atoms with Gasteiger partial charge in [0.2, 0.25) is 0 Å². The number of aliphatic hydroxyl groups excluding tert-OH is 1. The molecule has 3 nitrogen and oxygen atoms in total. The molecule has 0 bridgehead atoms. The summed E-state index contributed by atoms with van der Waals surface area (Å²) in [6, 6.07) is 0. The van der Waals surface area contributed by atoms with E-state index in [2.05, 4.69) is 19.2 Å². The normalized spacial score (nSPS) is 35.6. The summed E-state index contributed by atoms with van der Waals surface area (Å²) in [5, 5.41) is 13.5. The first-order valence-electron chi connectivity index (χ1n) is 9.15. The molecule has 2 saturated carbocycles. The molecule has 0 aromatic heterocycles. The molecule has 0 aliphatic heterocycles. The summed E-state index contributed by atoms with van der Waals surface area (Å²) in [4.78, 5) is 0. The molecule has 0 amide bonds. The van der Waals surface area contributed by atoms with Crippen LogP contribution in [0.1, 0.15) is 65.2 Å². The van der Waals surface area contributed by atoms with Crippen molar-refractivity contribution >= 4 is 0 Å². The lowest BCUT2D eigenvalue weighted by atomic mass is 9.80. The fourth-order valence-electron chi connectivity index (χ4n) is 3.97. The first-order valence-corrected chi connectivity index (χ1v) is 9.15. The lowest BCUT2D eigenvalue weighted by Gasteiger charge is -2.30. The van der Waals surface area contributed by atoms with Gasteiger partial charge in [-0.3, -0.25) is 0 Å². The summed E-state index contributed by atoms with van der Waals surface area (Å²) >= 11 is 0. The maximum Gasteiger partial charge on any atom is 0.0897 e. The fourth-order valence-corrected chi connectivity index (χ4v) is 3.97. The van der Waals surface area contributed by atoms with E-state index in [0.29, 0.717) is 19.3 Å². The quantitative estimate of drug-likeness (QED) is 0.757. The van der Waals surface area contributed by atoms with Gasteiger partial charge >= 0.3 is 0 Å². The van der Waals surface area contributed by atoms with Crippen LogP contribution in [0.3, 0.4) is 0 Å². The minimum Gasteiger partial charge on any atom is -0.389 e. The van der Waals surface area contributed by atoms with E-state index in [1.165, 1.54) is 51.4 Å². The van der Waals surface area contributed by atoms with Gasteiger partial charge in [-0.15, -0.1) is 0 Å². The molecule has 5 atom stereocenters. The largest absolute Gasteiger partial charge is 0.389 e. The summed E-state index contributed by atoms with van der Waals surface area (Å²) in [6.45, 7) is 6.89. The molecule has 2 rings (SSSR count). The topological polar surface area (TPSA) is 41.5 Å². The zero-order valence-electron chi connectivity index (χ0n) is 14.0. The van der Waals surface area contributed by atoms with Crippen LogP contribution in [0.2, 0.25) is 0 Å². The highest BCUT2D eigenvalue weighted by Crippen LogP contribution is 2.29. The van der Waals surface area contributed by atoms with Crippen molar-refractivity contribution in [1.82, 2.24) is 5.32 Å². The number of nitrogens with one attached hydrogen (secondary N) is 1. The molecule has 2 aliphatic carbocycles. The summed E-state index contributed by atoms with van der Waals surface area (Å²) < 4.78 is 5.89. The number of aliphatic hydroxyl groups is 1. The van der Waals surface area contributed by atoms with Gasteiger partial charge in [0.1, 0.15) is 0 Å². The Labute approximate surface area is 130 Å². The molecule has 3 heteroatoms. The van der Waals surface area contributed by atoms with Gasteiger partial charge in [0, 0.05) is 6.54 Å². The molecule has 0 heterocycles. The Morgan fingerprint density at radius 3 is 2.67 bits per heavy atom. The van der Waals surface area contributed by atoms with Gasteiger partial charge in [0.15, 0.2) is 0 Å². The van der Waals surface area contributed by atoms with Gasteiger partial charge in [-0.2, -0.15) is 0 Å². The van der Waals surface area contributed by atoms with E-state index in [1.807, 2.05) is 0 Å². The van der Waals surface area contributed by atoms with E-state index in [-0.39, 0.29) is 6.10 Å².